The fourth-order valence-electron chi connectivity index (χ4n) is 3.05. The summed E-state index contributed by atoms with van der Waals surface area (Å²) in [4.78, 5) is 0. The molecule has 4 heteroatoms. The number of nitriles is 1. The van der Waals surface area contributed by atoms with Crippen molar-refractivity contribution in [3.05, 3.63) is 23.0 Å². The van der Waals surface area contributed by atoms with E-state index in [4.69, 9.17) is 5.26 Å². The van der Waals surface area contributed by atoms with Gasteiger partial charge in [0.15, 0.2) is 0 Å². The van der Waals surface area contributed by atoms with Crippen molar-refractivity contribution in [2.45, 2.75) is 58.6 Å². The van der Waals surface area contributed by atoms with E-state index in [0.29, 0.717) is 24.2 Å². The second-order valence-electron chi connectivity index (χ2n) is 7.30. The van der Waals surface area contributed by atoms with Gasteiger partial charge in [-0.3, -0.25) is 0 Å². The van der Waals surface area contributed by atoms with Gasteiger partial charge in [-0.2, -0.15) is 5.26 Å². The van der Waals surface area contributed by atoms with Crippen molar-refractivity contribution in [3.63, 3.8) is 0 Å². The summed E-state index contributed by atoms with van der Waals surface area (Å²) >= 11 is 0. The third-order valence-corrected chi connectivity index (χ3v) is 5.06. The van der Waals surface area contributed by atoms with Crippen molar-refractivity contribution in [1.29, 1.82) is 5.26 Å². The fourth-order valence-corrected chi connectivity index (χ4v) is 3.05. The average Bonchev–Trinajstić information content (AvgIpc) is 2.71. The lowest BCUT2D eigenvalue weighted by atomic mass is 9.71. The Hall–Kier alpha value is -1.31. The van der Waals surface area contributed by atoms with E-state index in [2.05, 4.69) is 25.2 Å². The molecule has 0 saturated heterocycles. The number of aliphatic hydroxyl groups is 1. The van der Waals surface area contributed by atoms with Crippen LogP contribution in [0.1, 0.15) is 56.5 Å². The van der Waals surface area contributed by atoms with Gasteiger partial charge in [0.05, 0.1) is 5.60 Å². The highest BCUT2D eigenvalue weighted by Gasteiger charge is 2.36. The molecule has 0 bridgehead atoms. The van der Waals surface area contributed by atoms with Gasteiger partial charge in [-0.1, -0.05) is 13.8 Å². The molecular formula is C17H27N3O. The Labute approximate surface area is 127 Å². The zero-order chi connectivity index (χ0) is 15.7. The lowest BCUT2D eigenvalue weighted by Crippen LogP contribution is -2.44. The standard InChI is InChI=1S/C17H27N3O/c1-13-14(9-15(10-18)20(13)4)11-19-12-17(21)7-5-16(2,3)6-8-17/h9,19,21H,5-8,11-12H2,1-4H3. The first-order valence-corrected chi connectivity index (χ1v) is 7.75. The minimum absolute atomic E-state index is 0.365. The highest BCUT2D eigenvalue weighted by Crippen LogP contribution is 2.39. The molecule has 1 aromatic heterocycles. The Balaban J connectivity index is 1.89. The molecule has 116 valence electrons. The number of aromatic nitrogens is 1. The van der Waals surface area contributed by atoms with Crippen LogP contribution in [0.2, 0.25) is 0 Å². The van der Waals surface area contributed by atoms with E-state index in [1.165, 1.54) is 0 Å². The van der Waals surface area contributed by atoms with E-state index < -0.39 is 5.60 Å². The van der Waals surface area contributed by atoms with Gasteiger partial charge in [0.25, 0.3) is 0 Å². The quantitative estimate of drug-likeness (QED) is 0.895. The third kappa shape index (κ3) is 3.66. The van der Waals surface area contributed by atoms with E-state index in [0.717, 1.165) is 36.9 Å². The maximum atomic E-state index is 10.6. The van der Waals surface area contributed by atoms with Crippen LogP contribution in [-0.4, -0.2) is 21.8 Å². The van der Waals surface area contributed by atoms with Gasteiger partial charge in [0.1, 0.15) is 11.8 Å². The molecular weight excluding hydrogens is 262 g/mol. The molecule has 0 radical (unpaired) electrons. The minimum atomic E-state index is -0.573. The molecule has 0 unspecified atom stereocenters. The van der Waals surface area contributed by atoms with Crippen LogP contribution in [0, 0.1) is 23.7 Å². The van der Waals surface area contributed by atoms with Crippen LogP contribution in [0.4, 0.5) is 0 Å². The van der Waals surface area contributed by atoms with Crippen molar-refractivity contribution in [2.75, 3.05) is 6.54 Å². The molecule has 0 atom stereocenters. The van der Waals surface area contributed by atoms with Crippen molar-refractivity contribution in [3.8, 4) is 6.07 Å². The van der Waals surface area contributed by atoms with Gasteiger partial charge in [-0.05, 0) is 49.7 Å². The van der Waals surface area contributed by atoms with Crippen LogP contribution in [0.3, 0.4) is 0 Å². The van der Waals surface area contributed by atoms with Crippen LogP contribution in [0.5, 0.6) is 0 Å². The maximum Gasteiger partial charge on any atom is 0.120 e. The number of hydrogen-bond donors (Lipinski definition) is 2. The van der Waals surface area contributed by atoms with Crippen molar-refractivity contribution >= 4 is 0 Å². The maximum absolute atomic E-state index is 10.6. The molecule has 1 fully saturated rings. The van der Waals surface area contributed by atoms with Crippen molar-refractivity contribution < 1.29 is 5.11 Å². The van der Waals surface area contributed by atoms with Gasteiger partial charge in [-0.25, -0.2) is 0 Å². The lowest BCUT2D eigenvalue weighted by Gasteiger charge is -2.40. The largest absolute Gasteiger partial charge is 0.389 e. The van der Waals surface area contributed by atoms with Crippen LogP contribution in [0.25, 0.3) is 0 Å². The second-order valence-corrected chi connectivity index (χ2v) is 7.30. The molecule has 0 aromatic carbocycles. The third-order valence-electron chi connectivity index (χ3n) is 5.06. The molecule has 1 aliphatic carbocycles. The summed E-state index contributed by atoms with van der Waals surface area (Å²) in [6.07, 6.45) is 3.89. The predicted octanol–water partition coefficient (Wildman–Crippen LogP) is 2.63. The molecule has 4 nitrogen and oxygen atoms in total. The van der Waals surface area contributed by atoms with Crippen LogP contribution in [0.15, 0.2) is 6.07 Å². The fraction of sp³-hybridized carbons (Fsp3) is 0.706. The number of rotatable bonds is 4. The van der Waals surface area contributed by atoms with E-state index >= 15 is 0 Å². The molecule has 1 aliphatic rings. The molecule has 0 amide bonds. The van der Waals surface area contributed by atoms with Gasteiger partial charge < -0.3 is 15.0 Å². The highest BCUT2D eigenvalue weighted by atomic mass is 16.3. The Morgan fingerprint density at radius 1 is 1.33 bits per heavy atom. The molecule has 1 aromatic rings. The number of hydrogen-bond acceptors (Lipinski definition) is 3. The Morgan fingerprint density at radius 2 is 1.95 bits per heavy atom. The van der Waals surface area contributed by atoms with E-state index in [1.54, 1.807) is 0 Å². The molecule has 2 N–H and O–H groups in total. The SMILES string of the molecule is Cc1c(CNCC2(O)CCC(C)(C)CC2)cc(C#N)n1C. The molecule has 0 aliphatic heterocycles. The molecule has 0 spiro atoms. The average molecular weight is 289 g/mol. The first-order valence-electron chi connectivity index (χ1n) is 7.75. The topological polar surface area (TPSA) is 61.0 Å². The van der Waals surface area contributed by atoms with Crippen molar-refractivity contribution in [2.24, 2.45) is 12.5 Å². The summed E-state index contributed by atoms with van der Waals surface area (Å²) in [6.45, 7) is 7.90. The monoisotopic (exact) mass is 289 g/mol. The summed E-state index contributed by atoms with van der Waals surface area (Å²) in [7, 11) is 1.91. The zero-order valence-electron chi connectivity index (χ0n) is 13.7. The molecule has 1 saturated carbocycles. The second kappa shape index (κ2) is 5.82. The van der Waals surface area contributed by atoms with Gasteiger partial charge in [-0.15, -0.1) is 0 Å². The summed E-state index contributed by atoms with van der Waals surface area (Å²) < 4.78 is 1.91. The van der Waals surface area contributed by atoms with Gasteiger partial charge >= 0.3 is 0 Å². The summed E-state index contributed by atoms with van der Waals surface area (Å²) in [5, 5.41) is 23.1. The number of nitrogens with one attached hydrogen (secondary N) is 1. The first kappa shape index (κ1) is 16.1. The van der Waals surface area contributed by atoms with Crippen LogP contribution < -0.4 is 5.32 Å². The smallest absolute Gasteiger partial charge is 0.120 e. The highest BCUT2D eigenvalue weighted by molar-refractivity contribution is 5.34. The molecule has 2 rings (SSSR count). The summed E-state index contributed by atoms with van der Waals surface area (Å²) in [5.74, 6) is 0. The Morgan fingerprint density at radius 3 is 2.48 bits per heavy atom. The summed E-state index contributed by atoms with van der Waals surface area (Å²) in [5.41, 5.74) is 2.72. The van der Waals surface area contributed by atoms with E-state index in [1.807, 2.05) is 24.6 Å². The van der Waals surface area contributed by atoms with Crippen LogP contribution >= 0.6 is 0 Å². The molecule has 1 heterocycles. The van der Waals surface area contributed by atoms with Crippen molar-refractivity contribution in [1.82, 2.24) is 9.88 Å². The van der Waals surface area contributed by atoms with Gasteiger partial charge in [0.2, 0.25) is 0 Å². The Bertz CT molecular complexity index is 541. The predicted molar refractivity (Wildman–Crippen MR) is 83.8 cm³/mol. The normalized spacial score (nSPS) is 20.2. The van der Waals surface area contributed by atoms with E-state index in [9.17, 15) is 5.11 Å². The molecule has 21 heavy (non-hydrogen) atoms. The Kier molecular flexibility index (Phi) is 4.46. The van der Waals surface area contributed by atoms with Gasteiger partial charge in [0, 0.05) is 25.8 Å². The lowest BCUT2D eigenvalue weighted by molar-refractivity contribution is -0.0245. The van der Waals surface area contributed by atoms with E-state index in [-0.39, 0.29) is 0 Å². The number of nitrogens with zero attached hydrogens (tertiary/aromatic N) is 2. The summed E-state index contributed by atoms with van der Waals surface area (Å²) in [6, 6.07) is 4.13. The minimum Gasteiger partial charge on any atom is -0.389 e. The zero-order valence-corrected chi connectivity index (χ0v) is 13.7. The first-order chi connectivity index (χ1) is 9.76. The van der Waals surface area contributed by atoms with Crippen LogP contribution in [-0.2, 0) is 13.6 Å².